The smallest absolute Gasteiger partial charge is 0.176 e. The lowest BCUT2D eigenvalue weighted by Gasteiger charge is -2.17. The standard InChI is InChI=1S/C10H13BrN2O/c1-13(2)10-9(14-7-3-4-7)8(11)5-6-12-10/h5-7H,3-4H2,1-2H3. The van der Waals surface area contributed by atoms with Crippen LogP contribution in [0.5, 0.6) is 5.75 Å². The van der Waals surface area contributed by atoms with E-state index < -0.39 is 0 Å². The van der Waals surface area contributed by atoms with Crippen molar-refractivity contribution in [3.8, 4) is 5.75 Å². The first-order valence-electron chi connectivity index (χ1n) is 4.67. The van der Waals surface area contributed by atoms with Gasteiger partial charge in [0.1, 0.15) is 0 Å². The van der Waals surface area contributed by atoms with Crippen molar-refractivity contribution in [2.45, 2.75) is 18.9 Å². The quantitative estimate of drug-likeness (QED) is 0.831. The fourth-order valence-corrected chi connectivity index (χ4v) is 1.58. The Morgan fingerprint density at radius 1 is 1.50 bits per heavy atom. The lowest BCUT2D eigenvalue weighted by Crippen LogP contribution is -2.13. The third kappa shape index (κ3) is 2.00. The minimum atomic E-state index is 0.397. The van der Waals surface area contributed by atoms with Gasteiger partial charge < -0.3 is 9.64 Å². The average Bonchev–Trinajstić information content (AvgIpc) is 2.91. The van der Waals surface area contributed by atoms with Crippen LogP contribution in [-0.2, 0) is 0 Å². The van der Waals surface area contributed by atoms with Crippen LogP contribution in [-0.4, -0.2) is 25.2 Å². The van der Waals surface area contributed by atoms with Gasteiger partial charge in [-0.3, -0.25) is 0 Å². The highest BCUT2D eigenvalue weighted by molar-refractivity contribution is 9.10. The number of rotatable bonds is 3. The Morgan fingerprint density at radius 3 is 2.79 bits per heavy atom. The van der Waals surface area contributed by atoms with Crippen LogP contribution in [0.25, 0.3) is 0 Å². The van der Waals surface area contributed by atoms with E-state index in [9.17, 15) is 0 Å². The van der Waals surface area contributed by atoms with E-state index in [1.54, 1.807) is 6.20 Å². The Morgan fingerprint density at radius 2 is 2.21 bits per heavy atom. The Kier molecular flexibility index (Phi) is 2.63. The second kappa shape index (κ2) is 3.77. The van der Waals surface area contributed by atoms with Crippen LogP contribution in [0.1, 0.15) is 12.8 Å². The van der Waals surface area contributed by atoms with Gasteiger partial charge in [0.05, 0.1) is 10.6 Å². The van der Waals surface area contributed by atoms with Crippen LogP contribution in [0.3, 0.4) is 0 Å². The maximum absolute atomic E-state index is 5.80. The fourth-order valence-electron chi connectivity index (χ4n) is 1.19. The summed E-state index contributed by atoms with van der Waals surface area (Å²) < 4.78 is 6.77. The van der Waals surface area contributed by atoms with Crippen molar-refractivity contribution < 1.29 is 4.74 Å². The highest BCUT2D eigenvalue weighted by atomic mass is 79.9. The number of nitrogens with zero attached hydrogens (tertiary/aromatic N) is 2. The number of aromatic nitrogens is 1. The van der Waals surface area contributed by atoms with E-state index in [-0.39, 0.29) is 0 Å². The predicted octanol–water partition coefficient (Wildman–Crippen LogP) is 2.45. The number of hydrogen-bond donors (Lipinski definition) is 0. The van der Waals surface area contributed by atoms with Gasteiger partial charge >= 0.3 is 0 Å². The van der Waals surface area contributed by atoms with E-state index in [0.717, 1.165) is 28.9 Å². The molecule has 1 fully saturated rings. The molecule has 76 valence electrons. The molecule has 4 heteroatoms. The van der Waals surface area contributed by atoms with Gasteiger partial charge in [-0.2, -0.15) is 0 Å². The molecule has 1 aliphatic carbocycles. The molecule has 2 rings (SSSR count). The molecular formula is C10H13BrN2O. The summed E-state index contributed by atoms with van der Waals surface area (Å²) in [5.74, 6) is 1.74. The van der Waals surface area contributed by atoms with Crippen LogP contribution in [0.2, 0.25) is 0 Å². The SMILES string of the molecule is CN(C)c1nccc(Br)c1OC1CC1. The number of halogens is 1. The lowest BCUT2D eigenvalue weighted by atomic mass is 10.4. The van der Waals surface area contributed by atoms with Crippen LogP contribution in [0, 0.1) is 0 Å². The lowest BCUT2D eigenvalue weighted by molar-refractivity contribution is 0.301. The number of pyridine rings is 1. The summed E-state index contributed by atoms with van der Waals surface area (Å²) in [6, 6.07) is 1.91. The van der Waals surface area contributed by atoms with Crippen molar-refractivity contribution >= 4 is 21.7 Å². The molecule has 1 aliphatic rings. The highest BCUT2D eigenvalue weighted by Crippen LogP contribution is 2.37. The predicted molar refractivity (Wildman–Crippen MR) is 59.9 cm³/mol. The van der Waals surface area contributed by atoms with Gasteiger partial charge in [0.25, 0.3) is 0 Å². The molecule has 0 aromatic carbocycles. The summed E-state index contributed by atoms with van der Waals surface area (Å²) in [4.78, 5) is 6.25. The molecule has 3 nitrogen and oxygen atoms in total. The van der Waals surface area contributed by atoms with Gasteiger partial charge in [-0.25, -0.2) is 4.98 Å². The van der Waals surface area contributed by atoms with E-state index in [2.05, 4.69) is 20.9 Å². The van der Waals surface area contributed by atoms with Crippen molar-refractivity contribution in [2.24, 2.45) is 0 Å². The van der Waals surface area contributed by atoms with E-state index in [0.29, 0.717) is 6.10 Å². The molecule has 0 N–H and O–H groups in total. The monoisotopic (exact) mass is 256 g/mol. The summed E-state index contributed by atoms with van der Waals surface area (Å²) >= 11 is 3.48. The summed E-state index contributed by atoms with van der Waals surface area (Å²) in [5, 5.41) is 0. The molecule has 1 aromatic rings. The molecule has 1 heterocycles. The summed E-state index contributed by atoms with van der Waals surface area (Å²) in [6.45, 7) is 0. The van der Waals surface area contributed by atoms with Crippen molar-refractivity contribution in [3.63, 3.8) is 0 Å². The molecule has 0 amide bonds. The normalized spacial score (nSPS) is 15.4. The van der Waals surface area contributed by atoms with Gasteiger partial charge in [0.15, 0.2) is 11.6 Å². The summed E-state index contributed by atoms with van der Waals surface area (Å²) in [6.07, 6.45) is 4.50. The number of ether oxygens (including phenoxy) is 1. The molecule has 14 heavy (non-hydrogen) atoms. The number of hydrogen-bond acceptors (Lipinski definition) is 3. The van der Waals surface area contributed by atoms with E-state index in [1.807, 2.05) is 25.1 Å². The van der Waals surface area contributed by atoms with Gasteiger partial charge in [0.2, 0.25) is 0 Å². The van der Waals surface area contributed by atoms with Gasteiger partial charge in [0, 0.05) is 20.3 Å². The molecule has 0 spiro atoms. The van der Waals surface area contributed by atoms with Crippen molar-refractivity contribution in [1.29, 1.82) is 0 Å². The van der Waals surface area contributed by atoms with Crippen LogP contribution >= 0.6 is 15.9 Å². The minimum absolute atomic E-state index is 0.397. The zero-order valence-electron chi connectivity index (χ0n) is 8.33. The van der Waals surface area contributed by atoms with Gasteiger partial charge in [-0.15, -0.1) is 0 Å². The Hall–Kier alpha value is -0.770. The van der Waals surface area contributed by atoms with Crippen molar-refractivity contribution in [3.05, 3.63) is 16.7 Å². The molecule has 0 unspecified atom stereocenters. The summed E-state index contributed by atoms with van der Waals surface area (Å²) in [7, 11) is 3.93. The fraction of sp³-hybridized carbons (Fsp3) is 0.500. The van der Waals surface area contributed by atoms with Crippen LogP contribution in [0.15, 0.2) is 16.7 Å². The molecule has 0 saturated heterocycles. The maximum Gasteiger partial charge on any atom is 0.176 e. The Labute approximate surface area is 92.2 Å². The molecule has 0 radical (unpaired) electrons. The Bertz CT molecular complexity index is 337. The zero-order chi connectivity index (χ0) is 10.1. The number of anilines is 1. The second-order valence-electron chi connectivity index (χ2n) is 3.66. The van der Waals surface area contributed by atoms with Gasteiger partial charge in [-0.05, 0) is 34.8 Å². The maximum atomic E-state index is 5.80. The van der Waals surface area contributed by atoms with Crippen LogP contribution < -0.4 is 9.64 Å². The second-order valence-corrected chi connectivity index (χ2v) is 4.51. The molecular weight excluding hydrogens is 244 g/mol. The van der Waals surface area contributed by atoms with Crippen molar-refractivity contribution in [2.75, 3.05) is 19.0 Å². The van der Waals surface area contributed by atoms with E-state index in [1.165, 1.54) is 0 Å². The van der Waals surface area contributed by atoms with Crippen molar-refractivity contribution in [1.82, 2.24) is 4.98 Å². The summed E-state index contributed by atoms with van der Waals surface area (Å²) in [5.41, 5.74) is 0. The molecule has 1 saturated carbocycles. The first-order chi connectivity index (χ1) is 6.68. The largest absolute Gasteiger partial charge is 0.485 e. The third-order valence-electron chi connectivity index (χ3n) is 2.07. The van der Waals surface area contributed by atoms with Gasteiger partial charge in [-0.1, -0.05) is 0 Å². The molecule has 0 aliphatic heterocycles. The topological polar surface area (TPSA) is 25.4 Å². The minimum Gasteiger partial charge on any atom is -0.485 e. The van der Waals surface area contributed by atoms with E-state index in [4.69, 9.17) is 4.74 Å². The molecule has 0 bridgehead atoms. The van der Waals surface area contributed by atoms with E-state index >= 15 is 0 Å². The molecule has 0 atom stereocenters. The highest BCUT2D eigenvalue weighted by Gasteiger charge is 2.26. The third-order valence-corrected chi connectivity index (χ3v) is 2.69. The first-order valence-corrected chi connectivity index (χ1v) is 5.46. The zero-order valence-corrected chi connectivity index (χ0v) is 9.91. The first kappa shape index (κ1) is 9.77. The van der Waals surface area contributed by atoms with Crippen LogP contribution in [0.4, 0.5) is 5.82 Å². The molecule has 1 aromatic heterocycles. The average molecular weight is 257 g/mol. The Balaban J connectivity index is 2.31.